The summed E-state index contributed by atoms with van der Waals surface area (Å²) in [4.78, 5) is 12.0. The first-order chi connectivity index (χ1) is 12.5. The Hall–Kier alpha value is -1.76. The maximum Gasteiger partial charge on any atom is 0.311 e. The summed E-state index contributed by atoms with van der Waals surface area (Å²) < 4.78 is 8.26. The van der Waals surface area contributed by atoms with Gasteiger partial charge in [0, 0.05) is 15.2 Å². The average Bonchev–Trinajstić information content (AvgIpc) is 2.62. The first kappa shape index (κ1) is 19.0. The lowest BCUT2D eigenvalue weighted by molar-refractivity contribution is -0.142. The number of carbonyl (C=O) groups excluding carboxylic acids is 1. The Morgan fingerprint density at radius 1 is 1.27 bits per heavy atom. The van der Waals surface area contributed by atoms with E-state index in [1.807, 2.05) is 42.5 Å². The molecule has 0 saturated heterocycles. The molecule has 1 aromatic heterocycles. The number of fused-ring (bicyclic) bond motifs is 1. The minimum absolute atomic E-state index is 0.102. The van der Waals surface area contributed by atoms with E-state index in [1.54, 1.807) is 11.6 Å². The molecule has 0 amide bonds. The van der Waals surface area contributed by atoms with E-state index < -0.39 is 0 Å². The highest BCUT2D eigenvalue weighted by Gasteiger charge is 2.13. The second kappa shape index (κ2) is 8.29. The van der Waals surface area contributed by atoms with Gasteiger partial charge >= 0.3 is 5.97 Å². The van der Waals surface area contributed by atoms with Crippen LogP contribution < -0.4 is 0 Å². The zero-order chi connectivity index (χ0) is 18.7. The summed E-state index contributed by atoms with van der Waals surface area (Å²) in [5, 5.41) is 7.01. The molecule has 4 nitrogen and oxygen atoms in total. The summed E-state index contributed by atoms with van der Waals surface area (Å²) >= 11 is 15.2. The lowest BCUT2D eigenvalue weighted by Crippen LogP contribution is -2.14. The van der Waals surface area contributed by atoms with Crippen molar-refractivity contribution in [2.24, 2.45) is 0 Å². The maximum absolute atomic E-state index is 12.0. The average molecular weight is 452 g/mol. The van der Waals surface area contributed by atoms with Gasteiger partial charge in [-0.2, -0.15) is 5.10 Å². The highest BCUT2D eigenvalue weighted by molar-refractivity contribution is 9.10. The van der Waals surface area contributed by atoms with Gasteiger partial charge < -0.3 is 4.74 Å². The van der Waals surface area contributed by atoms with Gasteiger partial charge in [0.2, 0.25) is 0 Å². The van der Waals surface area contributed by atoms with Gasteiger partial charge in [-0.1, -0.05) is 54.2 Å². The van der Waals surface area contributed by atoms with Gasteiger partial charge in [-0.3, -0.25) is 4.79 Å². The van der Waals surface area contributed by atoms with Crippen molar-refractivity contribution < 1.29 is 9.53 Å². The Morgan fingerprint density at radius 2 is 2.00 bits per heavy atom. The number of hydrogen-bond acceptors (Lipinski definition) is 4. The van der Waals surface area contributed by atoms with Crippen molar-refractivity contribution >= 4 is 56.5 Å². The fraction of sp³-hybridized carbons (Fsp3) is 0.211. The number of carbonyl (C=O) groups is 1. The predicted molar refractivity (Wildman–Crippen MR) is 109 cm³/mol. The van der Waals surface area contributed by atoms with Gasteiger partial charge in [-0.25, -0.2) is 4.68 Å². The summed E-state index contributed by atoms with van der Waals surface area (Å²) in [7, 11) is 0. The summed E-state index contributed by atoms with van der Waals surface area (Å²) in [6.45, 7) is 2.59. The molecule has 3 aromatic rings. The van der Waals surface area contributed by atoms with Crippen LogP contribution in [0.1, 0.15) is 18.2 Å². The van der Waals surface area contributed by atoms with Crippen molar-refractivity contribution in [3.63, 3.8) is 0 Å². The minimum Gasteiger partial charge on any atom is -0.466 e. The molecule has 0 radical (unpaired) electrons. The number of esters is 1. The SMILES string of the molecule is CCOC(=O)Cc1nn(Cc2ccc(Br)c(Cl)c2)c(=S)c2ccccc12. The first-order valence-corrected chi connectivity index (χ1v) is 9.65. The van der Waals surface area contributed by atoms with Crippen LogP contribution in [0.3, 0.4) is 0 Å². The van der Waals surface area contributed by atoms with Crippen LogP contribution in [-0.4, -0.2) is 22.4 Å². The third-order valence-corrected chi connectivity index (χ3v) is 5.54. The Balaban J connectivity index is 2.07. The standard InChI is InChI=1S/C19H16BrClN2O2S/c1-2-25-18(24)10-17-13-5-3-4-6-14(13)19(26)23(22-17)11-12-7-8-15(20)16(21)9-12/h3-9H,2,10-11H2,1H3. The molecule has 0 saturated carbocycles. The summed E-state index contributed by atoms with van der Waals surface area (Å²) in [6, 6.07) is 13.4. The highest BCUT2D eigenvalue weighted by atomic mass is 79.9. The smallest absolute Gasteiger partial charge is 0.311 e. The first-order valence-electron chi connectivity index (χ1n) is 8.08. The highest BCUT2D eigenvalue weighted by Crippen LogP contribution is 2.24. The van der Waals surface area contributed by atoms with Crippen LogP contribution in [0.25, 0.3) is 10.8 Å². The van der Waals surface area contributed by atoms with Crippen LogP contribution in [0, 0.1) is 4.64 Å². The van der Waals surface area contributed by atoms with E-state index in [1.165, 1.54) is 0 Å². The van der Waals surface area contributed by atoms with Crippen molar-refractivity contribution in [2.75, 3.05) is 6.61 Å². The fourth-order valence-corrected chi connectivity index (χ4v) is 3.44. The summed E-state index contributed by atoms with van der Waals surface area (Å²) in [5.41, 5.74) is 1.62. The normalized spacial score (nSPS) is 10.9. The molecular weight excluding hydrogens is 436 g/mol. The van der Waals surface area contributed by atoms with Gasteiger partial charge in [0.15, 0.2) is 0 Å². The van der Waals surface area contributed by atoms with Crippen LogP contribution in [0.15, 0.2) is 46.9 Å². The van der Waals surface area contributed by atoms with Crippen LogP contribution in [-0.2, 0) is 22.5 Å². The van der Waals surface area contributed by atoms with E-state index in [2.05, 4.69) is 21.0 Å². The second-order valence-corrected chi connectivity index (χ2v) is 7.33. The van der Waals surface area contributed by atoms with Gasteiger partial charge in [0.25, 0.3) is 0 Å². The number of aromatic nitrogens is 2. The van der Waals surface area contributed by atoms with Gasteiger partial charge in [0.05, 0.1) is 30.3 Å². The molecule has 0 fully saturated rings. The van der Waals surface area contributed by atoms with E-state index in [9.17, 15) is 4.79 Å². The van der Waals surface area contributed by atoms with Crippen LogP contribution in [0.4, 0.5) is 0 Å². The molecule has 1 heterocycles. The van der Waals surface area contributed by atoms with E-state index in [-0.39, 0.29) is 12.4 Å². The lowest BCUT2D eigenvalue weighted by atomic mass is 10.1. The molecule has 7 heteroatoms. The quantitative estimate of drug-likeness (QED) is 0.388. The zero-order valence-electron chi connectivity index (χ0n) is 14.0. The molecule has 0 aliphatic heterocycles. The number of halogens is 2. The van der Waals surface area contributed by atoms with E-state index in [0.29, 0.717) is 28.5 Å². The van der Waals surface area contributed by atoms with E-state index in [0.717, 1.165) is 20.8 Å². The molecule has 0 unspecified atom stereocenters. The largest absolute Gasteiger partial charge is 0.466 e. The Bertz CT molecular complexity index is 1040. The van der Waals surface area contributed by atoms with Crippen LogP contribution in [0.2, 0.25) is 5.02 Å². The Labute approximate surface area is 169 Å². The summed E-state index contributed by atoms with van der Waals surface area (Å²) in [6.07, 6.45) is 0.102. The Morgan fingerprint density at radius 3 is 2.69 bits per heavy atom. The molecule has 134 valence electrons. The second-order valence-electron chi connectivity index (χ2n) is 5.69. The van der Waals surface area contributed by atoms with Gasteiger partial charge in [-0.05, 0) is 40.5 Å². The topological polar surface area (TPSA) is 44.1 Å². The molecule has 0 spiro atoms. The lowest BCUT2D eigenvalue weighted by Gasteiger charge is -2.13. The zero-order valence-corrected chi connectivity index (χ0v) is 17.2. The van der Waals surface area contributed by atoms with Crippen molar-refractivity contribution in [1.82, 2.24) is 9.78 Å². The number of rotatable bonds is 5. The van der Waals surface area contributed by atoms with Gasteiger partial charge in [-0.15, -0.1) is 0 Å². The number of hydrogen-bond donors (Lipinski definition) is 0. The minimum atomic E-state index is -0.305. The van der Waals surface area contributed by atoms with Crippen LogP contribution >= 0.6 is 39.7 Å². The van der Waals surface area contributed by atoms with Crippen molar-refractivity contribution in [1.29, 1.82) is 0 Å². The molecule has 2 aromatic carbocycles. The van der Waals surface area contributed by atoms with Gasteiger partial charge in [0.1, 0.15) is 4.64 Å². The van der Waals surface area contributed by atoms with Crippen LogP contribution in [0.5, 0.6) is 0 Å². The molecule has 0 aliphatic carbocycles. The molecule has 0 N–H and O–H groups in total. The molecular formula is C19H16BrClN2O2S. The van der Waals surface area contributed by atoms with Crippen molar-refractivity contribution in [2.45, 2.75) is 19.9 Å². The number of nitrogens with zero attached hydrogens (tertiary/aromatic N) is 2. The number of ether oxygens (including phenoxy) is 1. The van der Waals surface area contributed by atoms with Crippen molar-refractivity contribution in [3.05, 3.63) is 67.9 Å². The molecule has 0 atom stereocenters. The molecule has 3 rings (SSSR count). The maximum atomic E-state index is 12.0. The predicted octanol–water partition coefficient (Wildman–Crippen LogP) is 5.34. The summed E-state index contributed by atoms with van der Waals surface area (Å²) in [5.74, 6) is -0.305. The molecule has 0 aliphatic rings. The third kappa shape index (κ3) is 4.14. The van der Waals surface area contributed by atoms with E-state index in [4.69, 9.17) is 28.6 Å². The van der Waals surface area contributed by atoms with Crippen molar-refractivity contribution in [3.8, 4) is 0 Å². The monoisotopic (exact) mass is 450 g/mol. The van der Waals surface area contributed by atoms with E-state index >= 15 is 0 Å². The number of benzene rings is 2. The third-order valence-electron chi connectivity index (χ3n) is 3.88. The fourth-order valence-electron chi connectivity index (χ4n) is 2.70. The molecule has 0 bridgehead atoms. The molecule has 26 heavy (non-hydrogen) atoms. The Kier molecular flexibility index (Phi) is 6.06.